The van der Waals surface area contributed by atoms with Gasteiger partial charge in [-0.3, -0.25) is 0 Å². The van der Waals surface area contributed by atoms with Crippen LogP contribution in [0.4, 0.5) is 19.3 Å². The molecular weight excluding hydrogens is 428 g/mol. The molecule has 0 bridgehead atoms. The molecule has 3 aromatic rings. The fraction of sp³-hybridized carbons (Fsp3) is 0.200. The van der Waals surface area contributed by atoms with Crippen molar-refractivity contribution in [3.63, 3.8) is 0 Å². The second kappa shape index (κ2) is 10.1. The predicted molar refractivity (Wildman–Crippen MR) is 121 cm³/mol. The third kappa shape index (κ3) is 5.46. The predicted octanol–water partition coefficient (Wildman–Crippen LogP) is 5.20. The lowest BCUT2D eigenvalue weighted by Gasteiger charge is -2.26. The molecule has 2 amide bonds. The third-order valence-electron chi connectivity index (χ3n) is 5.29. The van der Waals surface area contributed by atoms with Gasteiger partial charge in [0, 0.05) is 12.0 Å². The zero-order valence-electron chi connectivity index (χ0n) is 18.0. The summed E-state index contributed by atoms with van der Waals surface area (Å²) in [5, 5.41) is 6.94. The first-order valence-corrected chi connectivity index (χ1v) is 10.4. The second-order valence-electron chi connectivity index (χ2n) is 7.58. The van der Waals surface area contributed by atoms with Crippen LogP contribution in [0.5, 0.6) is 5.75 Å². The van der Waals surface area contributed by atoms with E-state index in [1.165, 1.54) is 30.2 Å². The van der Waals surface area contributed by atoms with Gasteiger partial charge < -0.3 is 19.8 Å². The molecule has 1 aliphatic heterocycles. The molecule has 33 heavy (non-hydrogen) atoms. The maximum Gasteiger partial charge on any atom is 0.322 e. The van der Waals surface area contributed by atoms with E-state index in [2.05, 4.69) is 10.5 Å². The molecule has 1 aliphatic rings. The van der Waals surface area contributed by atoms with Crippen LogP contribution in [0.3, 0.4) is 0 Å². The van der Waals surface area contributed by atoms with Gasteiger partial charge in [0.2, 0.25) is 0 Å². The Labute approximate surface area is 190 Å². The molecular formula is C25H23F2N3O3. The maximum absolute atomic E-state index is 14.3. The van der Waals surface area contributed by atoms with Crippen LogP contribution in [0.1, 0.15) is 17.5 Å². The topological polar surface area (TPSA) is 63.2 Å². The van der Waals surface area contributed by atoms with Crippen molar-refractivity contribution >= 4 is 17.4 Å². The monoisotopic (exact) mass is 451 g/mol. The maximum atomic E-state index is 14.3. The van der Waals surface area contributed by atoms with Gasteiger partial charge in [-0.05, 0) is 35.9 Å². The Hall–Kier alpha value is -3.94. The molecule has 1 N–H and O–H groups in total. The highest BCUT2D eigenvalue weighted by Crippen LogP contribution is 2.25. The van der Waals surface area contributed by atoms with Crippen molar-refractivity contribution in [3.05, 3.63) is 95.6 Å². The first-order chi connectivity index (χ1) is 16.0. The van der Waals surface area contributed by atoms with E-state index in [9.17, 15) is 13.6 Å². The molecule has 6 nitrogen and oxygen atoms in total. The minimum Gasteiger partial charge on any atom is -0.495 e. The fourth-order valence-corrected chi connectivity index (χ4v) is 3.58. The number of carbonyl (C=O) groups excluding carboxylic acids is 1. The molecule has 0 radical (unpaired) electrons. The van der Waals surface area contributed by atoms with Crippen molar-refractivity contribution in [2.24, 2.45) is 5.16 Å². The van der Waals surface area contributed by atoms with Crippen molar-refractivity contribution in [2.45, 2.75) is 19.1 Å². The highest BCUT2D eigenvalue weighted by Gasteiger charge is 2.28. The van der Waals surface area contributed by atoms with E-state index in [1.54, 1.807) is 54.6 Å². The number of halogens is 2. The molecule has 3 aromatic carbocycles. The number of urea groups is 1. The Bertz CT molecular complexity index is 1150. The lowest BCUT2D eigenvalue weighted by Crippen LogP contribution is -2.40. The number of rotatable bonds is 7. The van der Waals surface area contributed by atoms with Gasteiger partial charge in [-0.1, -0.05) is 47.6 Å². The van der Waals surface area contributed by atoms with E-state index in [0.29, 0.717) is 29.1 Å². The molecule has 0 saturated carbocycles. The van der Waals surface area contributed by atoms with E-state index in [1.807, 2.05) is 0 Å². The van der Waals surface area contributed by atoms with E-state index in [-0.39, 0.29) is 18.9 Å². The summed E-state index contributed by atoms with van der Waals surface area (Å²) < 4.78 is 32.9. The number of methoxy groups -OCH3 is 1. The van der Waals surface area contributed by atoms with Gasteiger partial charge in [0.25, 0.3) is 0 Å². The molecule has 1 heterocycles. The molecule has 0 fully saturated rings. The van der Waals surface area contributed by atoms with Gasteiger partial charge in [-0.25, -0.2) is 13.6 Å². The summed E-state index contributed by atoms with van der Waals surface area (Å²) in [5.41, 5.74) is 2.29. The average molecular weight is 451 g/mol. The largest absolute Gasteiger partial charge is 0.495 e. The van der Waals surface area contributed by atoms with E-state index < -0.39 is 18.0 Å². The van der Waals surface area contributed by atoms with Crippen LogP contribution in [0.25, 0.3) is 0 Å². The first-order valence-electron chi connectivity index (χ1n) is 10.4. The van der Waals surface area contributed by atoms with Crippen molar-refractivity contribution < 1.29 is 23.1 Å². The lowest BCUT2D eigenvalue weighted by atomic mass is 10.0. The van der Waals surface area contributed by atoms with Gasteiger partial charge >= 0.3 is 6.03 Å². The third-order valence-corrected chi connectivity index (χ3v) is 5.29. The Kier molecular flexibility index (Phi) is 6.83. The molecule has 170 valence electrons. The van der Waals surface area contributed by atoms with Gasteiger partial charge in [-0.2, -0.15) is 0 Å². The van der Waals surface area contributed by atoms with Crippen LogP contribution >= 0.6 is 0 Å². The average Bonchev–Trinajstić information content (AvgIpc) is 3.29. The summed E-state index contributed by atoms with van der Waals surface area (Å²) in [6, 6.07) is 18.9. The van der Waals surface area contributed by atoms with Gasteiger partial charge in [0.05, 0.1) is 31.6 Å². The number of nitrogens with one attached hydrogen (secondary N) is 1. The zero-order chi connectivity index (χ0) is 23.2. The molecule has 4 rings (SSSR count). The van der Waals surface area contributed by atoms with E-state index in [0.717, 1.165) is 5.56 Å². The molecule has 0 aromatic heterocycles. The fourth-order valence-electron chi connectivity index (χ4n) is 3.58. The highest BCUT2D eigenvalue weighted by molar-refractivity contribution is 6.01. The summed E-state index contributed by atoms with van der Waals surface area (Å²) in [6.07, 6.45) is 0.00156. The van der Waals surface area contributed by atoms with Crippen LogP contribution in [0, 0.1) is 11.6 Å². The van der Waals surface area contributed by atoms with Crippen LogP contribution in [0.15, 0.2) is 78.0 Å². The van der Waals surface area contributed by atoms with Crippen LogP contribution in [-0.4, -0.2) is 36.4 Å². The standard InChI is InChI=1S/C25H23F2N3O3/c1-32-24-9-5-4-8-22(24)28-25(31)30(15-18-6-2-3-7-21(18)27)16-20-14-23(29-33-20)17-10-12-19(26)13-11-17/h2-13,20H,14-16H2,1H3,(H,28,31)/t20-/m0/s1. The Balaban J connectivity index is 1.50. The first kappa shape index (κ1) is 22.3. The number of carbonyl (C=O) groups is 1. The summed E-state index contributed by atoms with van der Waals surface area (Å²) in [6.45, 7) is 0.211. The second-order valence-corrected chi connectivity index (χ2v) is 7.58. The Morgan fingerprint density at radius 3 is 2.58 bits per heavy atom. The smallest absolute Gasteiger partial charge is 0.322 e. The summed E-state index contributed by atoms with van der Waals surface area (Å²) in [7, 11) is 1.52. The van der Waals surface area contributed by atoms with Crippen LogP contribution in [0.2, 0.25) is 0 Å². The Morgan fingerprint density at radius 1 is 1.09 bits per heavy atom. The number of amides is 2. The number of nitrogens with zero attached hydrogens (tertiary/aromatic N) is 2. The van der Waals surface area contributed by atoms with E-state index in [4.69, 9.17) is 9.57 Å². The number of anilines is 1. The summed E-state index contributed by atoms with van der Waals surface area (Å²) in [4.78, 5) is 20.2. The van der Waals surface area contributed by atoms with Crippen molar-refractivity contribution in [2.75, 3.05) is 19.0 Å². The van der Waals surface area contributed by atoms with Crippen molar-refractivity contribution in [1.82, 2.24) is 4.90 Å². The quantitative estimate of drug-likeness (QED) is 0.537. The Morgan fingerprint density at radius 2 is 1.82 bits per heavy atom. The van der Waals surface area contributed by atoms with Gasteiger partial charge in [-0.15, -0.1) is 0 Å². The number of oxime groups is 1. The SMILES string of the molecule is COc1ccccc1NC(=O)N(Cc1ccccc1F)C[C@@H]1CC(c2ccc(F)cc2)=NO1. The zero-order valence-corrected chi connectivity index (χ0v) is 18.0. The number of benzene rings is 3. The van der Waals surface area contributed by atoms with Crippen molar-refractivity contribution in [1.29, 1.82) is 0 Å². The molecule has 8 heteroatoms. The molecule has 0 unspecified atom stereocenters. The van der Waals surface area contributed by atoms with Crippen molar-refractivity contribution in [3.8, 4) is 5.75 Å². The number of hydrogen-bond acceptors (Lipinski definition) is 4. The van der Waals surface area contributed by atoms with Crippen LogP contribution < -0.4 is 10.1 Å². The van der Waals surface area contributed by atoms with Gasteiger partial charge in [0.1, 0.15) is 17.4 Å². The minimum absolute atomic E-state index is 0.0411. The van der Waals surface area contributed by atoms with E-state index >= 15 is 0 Å². The molecule has 0 aliphatic carbocycles. The molecule has 0 spiro atoms. The number of para-hydroxylation sites is 2. The summed E-state index contributed by atoms with van der Waals surface area (Å²) >= 11 is 0. The lowest BCUT2D eigenvalue weighted by molar-refractivity contribution is 0.0606. The molecule has 1 atom stereocenters. The normalized spacial score (nSPS) is 14.9. The number of hydrogen-bond donors (Lipinski definition) is 1. The van der Waals surface area contributed by atoms with Gasteiger partial charge in [0.15, 0.2) is 6.10 Å². The number of ether oxygens (including phenoxy) is 1. The summed E-state index contributed by atoms with van der Waals surface area (Å²) in [5.74, 6) is -0.224. The molecule has 0 saturated heterocycles. The highest BCUT2D eigenvalue weighted by atomic mass is 19.1. The minimum atomic E-state index is -0.430. The van der Waals surface area contributed by atoms with Crippen LogP contribution in [-0.2, 0) is 11.4 Å².